The summed E-state index contributed by atoms with van der Waals surface area (Å²) in [6.07, 6.45) is 6.77. The second-order valence-electron chi connectivity index (χ2n) is 6.38. The lowest BCUT2D eigenvalue weighted by Crippen LogP contribution is -2.28. The molecule has 5 heteroatoms. The maximum atomic E-state index is 9.05. The van der Waals surface area contributed by atoms with Crippen LogP contribution in [0.3, 0.4) is 0 Å². The van der Waals surface area contributed by atoms with Gasteiger partial charge in [-0.2, -0.15) is 5.10 Å². The zero-order valence-corrected chi connectivity index (χ0v) is 14.3. The molecule has 0 radical (unpaired) electrons. The van der Waals surface area contributed by atoms with Gasteiger partial charge in [0, 0.05) is 17.8 Å². The Balaban J connectivity index is 1.68. The standard InChI is InChI=1S/C17H32N4O/c1-15-17(16(2)21(19-15)12-13-22)14-18-8-7-11-20-9-5-3-4-6-10-20/h18,22H,3-14H2,1-2H3. The van der Waals surface area contributed by atoms with Crippen molar-refractivity contribution in [1.82, 2.24) is 20.0 Å². The first-order valence-corrected chi connectivity index (χ1v) is 8.79. The third-order valence-electron chi connectivity index (χ3n) is 4.67. The van der Waals surface area contributed by atoms with Crippen molar-refractivity contribution in [2.24, 2.45) is 0 Å². The van der Waals surface area contributed by atoms with Crippen molar-refractivity contribution in [3.63, 3.8) is 0 Å². The van der Waals surface area contributed by atoms with Crippen molar-refractivity contribution in [1.29, 1.82) is 0 Å². The van der Waals surface area contributed by atoms with E-state index in [0.29, 0.717) is 6.54 Å². The van der Waals surface area contributed by atoms with Crippen LogP contribution in [0.1, 0.15) is 49.1 Å². The lowest BCUT2D eigenvalue weighted by Gasteiger charge is -2.19. The highest BCUT2D eigenvalue weighted by atomic mass is 16.3. The molecule has 0 unspecified atom stereocenters. The van der Waals surface area contributed by atoms with Crippen molar-refractivity contribution >= 4 is 0 Å². The Bertz CT molecular complexity index is 436. The Morgan fingerprint density at radius 1 is 1.09 bits per heavy atom. The van der Waals surface area contributed by atoms with Gasteiger partial charge < -0.3 is 15.3 Å². The fraction of sp³-hybridized carbons (Fsp3) is 0.824. The minimum Gasteiger partial charge on any atom is -0.394 e. The summed E-state index contributed by atoms with van der Waals surface area (Å²) in [4.78, 5) is 2.62. The molecule has 1 saturated heterocycles. The maximum absolute atomic E-state index is 9.05. The smallest absolute Gasteiger partial charge is 0.0644 e. The molecule has 0 bridgehead atoms. The van der Waals surface area contributed by atoms with Gasteiger partial charge in [-0.1, -0.05) is 12.8 Å². The predicted molar refractivity (Wildman–Crippen MR) is 90.0 cm³/mol. The molecule has 0 spiro atoms. The summed E-state index contributed by atoms with van der Waals surface area (Å²) in [7, 11) is 0. The van der Waals surface area contributed by atoms with Gasteiger partial charge in [-0.05, 0) is 59.3 Å². The van der Waals surface area contributed by atoms with E-state index in [1.165, 1.54) is 63.0 Å². The molecule has 1 aliphatic rings. The molecule has 2 N–H and O–H groups in total. The summed E-state index contributed by atoms with van der Waals surface area (Å²) in [6, 6.07) is 0. The molecule has 2 rings (SSSR count). The number of aliphatic hydroxyl groups is 1. The average Bonchev–Trinajstić information content (AvgIpc) is 2.71. The van der Waals surface area contributed by atoms with Crippen LogP contribution in [-0.2, 0) is 13.1 Å². The first kappa shape index (κ1) is 17.4. The fourth-order valence-electron chi connectivity index (χ4n) is 3.30. The third-order valence-corrected chi connectivity index (χ3v) is 4.67. The van der Waals surface area contributed by atoms with E-state index in [1.807, 2.05) is 4.68 Å². The summed E-state index contributed by atoms with van der Waals surface area (Å²) in [5, 5.41) is 17.1. The monoisotopic (exact) mass is 308 g/mol. The molecular formula is C17H32N4O. The molecule has 0 aromatic carbocycles. The lowest BCUT2D eigenvalue weighted by molar-refractivity contribution is 0.267. The number of hydrogen-bond acceptors (Lipinski definition) is 4. The van der Waals surface area contributed by atoms with E-state index in [0.717, 1.165) is 18.8 Å². The van der Waals surface area contributed by atoms with E-state index in [9.17, 15) is 0 Å². The van der Waals surface area contributed by atoms with Crippen molar-refractivity contribution in [2.75, 3.05) is 32.8 Å². The van der Waals surface area contributed by atoms with Crippen molar-refractivity contribution in [2.45, 2.75) is 59.0 Å². The predicted octanol–water partition coefficient (Wildman–Crippen LogP) is 1.85. The number of aryl methyl sites for hydroxylation is 1. The van der Waals surface area contributed by atoms with E-state index in [1.54, 1.807) is 0 Å². The molecule has 1 aromatic rings. The minimum atomic E-state index is 0.144. The van der Waals surface area contributed by atoms with Crippen molar-refractivity contribution in [3.05, 3.63) is 17.0 Å². The Morgan fingerprint density at radius 3 is 2.50 bits per heavy atom. The zero-order chi connectivity index (χ0) is 15.8. The van der Waals surface area contributed by atoms with Crippen LogP contribution in [-0.4, -0.2) is 52.6 Å². The molecule has 1 fully saturated rings. The van der Waals surface area contributed by atoms with Gasteiger partial charge in [0.1, 0.15) is 0 Å². The number of nitrogens with zero attached hydrogens (tertiary/aromatic N) is 3. The number of rotatable bonds is 8. The molecule has 1 aliphatic heterocycles. The SMILES string of the molecule is Cc1nn(CCO)c(C)c1CNCCCN1CCCCCC1. The van der Waals surface area contributed by atoms with Gasteiger partial charge in [-0.15, -0.1) is 0 Å². The minimum absolute atomic E-state index is 0.144. The van der Waals surface area contributed by atoms with Gasteiger partial charge in [0.15, 0.2) is 0 Å². The van der Waals surface area contributed by atoms with Crippen LogP contribution >= 0.6 is 0 Å². The van der Waals surface area contributed by atoms with Gasteiger partial charge in [0.25, 0.3) is 0 Å². The molecule has 0 amide bonds. The second-order valence-corrected chi connectivity index (χ2v) is 6.38. The Labute approximate surface area is 134 Å². The summed E-state index contributed by atoms with van der Waals surface area (Å²) in [6.45, 7) is 10.6. The normalized spacial score (nSPS) is 16.9. The van der Waals surface area contributed by atoms with Crippen LogP contribution in [0.5, 0.6) is 0 Å². The maximum Gasteiger partial charge on any atom is 0.0644 e. The van der Waals surface area contributed by atoms with Crippen LogP contribution in [0.2, 0.25) is 0 Å². The number of aromatic nitrogens is 2. The van der Waals surface area contributed by atoms with Gasteiger partial charge in [-0.3, -0.25) is 4.68 Å². The number of likely N-dealkylation sites (tertiary alicyclic amines) is 1. The number of aliphatic hydroxyl groups excluding tert-OH is 1. The Kier molecular flexibility index (Phi) is 7.36. The molecule has 5 nitrogen and oxygen atoms in total. The van der Waals surface area contributed by atoms with Gasteiger partial charge in [0.2, 0.25) is 0 Å². The van der Waals surface area contributed by atoms with Crippen LogP contribution in [0.4, 0.5) is 0 Å². The molecule has 2 heterocycles. The largest absolute Gasteiger partial charge is 0.394 e. The van der Waals surface area contributed by atoms with Crippen LogP contribution in [0.15, 0.2) is 0 Å². The topological polar surface area (TPSA) is 53.3 Å². The molecule has 0 aliphatic carbocycles. The number of hydrogen-bond donors (Lipinski definition) is 2. The van der Waals surface area contributed by atoms with Gasteiger partial charge in [-0.25, -0.2) is 0 Å². The van der Waals surface area contributed by atoms with E-state index in [4.69, 9.17) is 5.11 Å². The molecule has 22 heavy (non-hydrogen) atoms. The first-order valence-electron chi connectivity index (χ1n) is 8.79. The summed E-state index contributed by atoms with van der Waals surface area (Å²) in [5.41, 5.74) is 3.53. The lowest BCUT2D eigenvalue weighted by atomic mass is 10.2. The fourth-order valence-corrected chi connectivity index (χ4v) is 3.30. The van der Waals surface area contributed by atoms with E-state index in [2.05, 4.69) is 29.2 Å². The molecule has 126 valence electrons. The summed E-state index contributed by atoms with van der Waals surface area (Å²) < 4.78 is 1.91. The Hall–Kier alpha value is -0.910. The van der Waals surface area contributed by atoms with Crippen molar-refractivity contribution < 1.29 is 5.11 Å². The van der Waals surface area contributed by atoms with Crippen LogP contribution in [0.25, 0.3) is 0 Å². The van der Waals surface area contributed by atoms with Gasteiger partial charge in [0.05, 0.1) is 18.8 Å². The highest BCUT2D eigenvalue weighted by molar-refractivity contribution is 5.24. The van der Waals surface area contributed by atoms with Gasteiger partial charge >= 0.3 is 0 Å². The molecule has 1 aromatic heterocycles. The van der Waals surface area contributed by atoms with E-state index in [-0.39, 0.29) is 6.61 Å². The quantitative estimate of drug-likeness (QED) is 0.720. The van der Waals surface area contributed by atoms with Crippen molar-refractivity contribution in [3.8, 4) is 0 Å². The van der Waals surface area contributed by atoms with Crippen LogP contribution in [0, 0.1) is 13.8 Å². The van der Waals surface area contributed by atoms with E-state index >= 15 is 0 Å². The molecule has 0 atom stereocenters. The van der Waals surface area contributed by atoms with E-state index < -0.39 is 0 Å². The van der Waals surface area contributed by atoms with Crippen LogP contribution < -0.4 is 5.32 Å². The highest BCUT2D eigenvalue weighted by Crippen LogP contribution is 2.13. The Morgan fingerprint density at radius 2 is 1.82 bits per heavy atom. The second kappa shape index (κ2) is 9.28. The molecular weight excluding hydrogens is 276 g/mol. The first-order chi connectivity index (χ1) is 10.7. The zero-order valence-electron chi connectivity index (χ0n) is 14.3. The number of nitrogens with one attached hydrogen (secondary N) is 1. The average molecular weight is 308 g/mol. The summed E-state index contributed by atoms with van der Waals surface area (Å²) in [5.74, 6) is 0. The third kappa shape index (κ3) is 5.07. The molecule has 0 saturated carbocycles. The highest BCUT2D eigenvalue weighted by Gasteiger charge is 2.11. The summed E-state index contributed by atoms with van der Waals surface area (Å²) >= 11 is 0.